The molecule has 18 heavy (non-hydrogen) atoms. The molecule has 1 atom stereocenters. The lowest BCUT2D eigenvalue weighted by atomic mass is 10.0. The Morgan fingerprint density at radius 2 is 1.94 bits per heavy atom. The zero-order valence-corrected chi connectivity index (χ0v) is 13.9. The molecule has 0 bridgehead atoms. The van der Waals surface area contributed by atoms with Crippen molar-refractivity contribution < 1.29 is 4.42 Å². The maximum Gasteiger partial charge on any atom is 0.169 e. The van der Waals surface area contributed by atoms with Crippen LogP contribution in [0.1, 0.15) is 24.3 Å². The van der Waals surface area contributed by atoms with Crippen molar-refractivity contribution >= 4 is 38.5 Å². The van der Waals surface area contributed by atoms with Gasteiger partial charge in [0.25, 0.3) is 0 Å². The van der Waals surface area contributed by atoms with Crippen LogP contribution in [0.5, 0.6) is 0 Å². The van der Waals surface area contributed by atoms with E-state index in [1.807, 2.05) is 12.1 Å². The Labute approximate surface area is 129 Å². The third kappa shape index (κ3) is 3.83. The summed E-state index contributed by atoms with van der Waals surface area (Å²) >= 11 is 5.67. The first-order chi connectivity index (χ1) is 8.69. The van der Waals surface area contributed by atoms with Crippen molar-refractivity contribution in [1.29, 1.82) is 0 Å². The van der Waals surface area contributed by atoms with E-state index in [0.717, 1.165) is 23.4 Å². The van der Waals surface area contributed by atoms with Gasteiger partial charge in [-0.3, -0.25) is 0 Å². The van der Waals surface area contributed by atoms with Crippen molar-refractivity contribution in [2.75, 3.05) is 6.54 Å². The Hall–Kier alpha value is -0.330. The van der Waals surface area contributed by atoms with Crippen LogP contribution in [0.25, 0.3) is 0 Å². The van der Waals surface area contributed by atoms with Gasteiger partial charge in [0.15, 0.2) is 4.67 Å². The third-order valence-corrected chi connectivity index (χ3v) is 3.89. The van der Waals surface area contributed by atoms with E-state index in [1.165, 1.54) is 9.13 Å². The third-order valence-electron chi connectivity index (χ3n) is 2.74. The summed E-state index contributed by atoms with van der Waals surface area (Å²) in [5, 5.41) is 3.46. The largest absolute Gasteiger partial charge is 0.453 e. The van der Waals surface area contributed by atoms with Gasteiger partial charge in [0.2, 0.25) is 0 Å². The summed E-state index contributed by atoms with van der Waals surface area (Å²) in [6, 6.07) is 12.8. The molecular weight excluding hydrogens is 405 g/mol. The Morgan fingerprint density at radius 1 is 1.22 bits per heavy atom. The molecule has 0 amide bonds. The quantitative estimate of drug-likeness (QED) is 0.719. The second-order valence-electron chi connectivity index (χ2n) is 4.08. The smallest absolute Gasteiger partial charge is 0.169 e. The fraction of sp³-hybridized carbons (Fsp3) is 0.286. The number of rotatable bonds is 5. The molecule has 4 heteroatoms. The molecule has 0 saturated carbocycles. The fourth-order valence-electron chi connectivity index (χ4n) is 1.89. The van der Waals surface area contributed by atoms with Gasteiger partial charge in [0.1, 0.15) is 5.76 Å². The van der Waals surface area contributed by atoms with Gasteiger partial charge in [-0.25, -0.2) is 0 Å². The Kier molecular flexibility index (Phi) is 5.26. The molecule has 1 N–H and O–H groups in total. The van der Waals surface area contributed by atoms with Crippen LogP contribution in [0.4, 0.5) is 0 Å². The Morgan fingerprint density at radius 3 is 2.50 bits per heavy atom. The minimum Gasteiger partial charge on any atom is -0.453 e. The predicted octanol–water partition coefficient (Wildman–Crippen LogP) is 4.54. The van der Waals surface area contributed by atoms with Crippen LogP contribution in [0.15, 0.2) is 45.5 Å². The summed E-state index contributed by atoms with van der Waals surface area (Å²) in [7, 11) is 0. The van der Waals surface area contributed by atoms with Gasteiger partial charge in [0.05, 0.1) is 6.04 Å². The lowest BCUT2D eigenvalue weighted by molar-refractivity contribution is 0.405. The molecule has 2 nitrogen and oxygen atoms in total. The van der Waals surface area contributed by atoms with Gasteiger partial charge in [-0.1, -0.05) is 19.1 Å². The molecule has 96 valence electrons. The van der Waals surface area contributed by atoms with E-state index in [9.17, 15) is 0 Å². The molecule has 2 rings (SSSR count). The van der Waals surface area contributed by atoms with Crippen LogP contribution in [0, 0.1) is 3.57 Å². The predicted molar refractivity (Wildman–Crippen MR) is 85.7 cm³/mol. The average molecular weight is 420 g/mol. The van der Waals surface area contributed by atoms with E-state index in [-0.39, 0.29) is 6.04 Å². The van der Waals surface area contributed by atoms with E-state index in [0.29, 0.717) is 0 Å². The summed E-state index contributed by atoms with van der Waals surface area (Å²) in [6.07, 6.45) is 0.935. The first-order valence-electron chi connectivity index (χ1n) is 5.92. The van der Waals surface area contributed by atoms with Crippen molar-refractivity contribution in [3.05, 3.63) is 56.0 Å². The number of hydrogen-bond donors (Lipinski definition) is 1. The molecule has 0 fully saturated rings. The minimum absolute atomic E-state index is 0.223. The summed E-state index contributed by atoms with van der Waals surface area (Å²) in [6.45, 7) is 3.03. The highest BCUT2D eigenvalue weighted by Gasteiger charge is 2.14. The lowest BCUT2D eigenvalue weighted by Crippen LogP contribution is -2.22. The maximum absolute atomic E-state index is 5.65. The molecule has 1 aromatic heterocycles. The highest BCUT2D eigenvalue weighted by atomic mass is 127. The molecule has 0 aliphatic heterocycles. The van der Waals surface area contributed by atoms with Crippen molar-refractivity contribution in [3.63, 3.8) is 0 Å². The van der Waals surface area contributed by atoms with Gasteiger partial charge < -0.3 is 9.73 Å². The number of benzene rings is 1. The number of nitrogens with one attached hydrogen (secondary N) is 1. The zero-order chi connectivity index (χ0) is 13.0. The van der Waals surface area contributed by atoms with Gasteiger partial charge in [-0.05, 0) is 81.3 Å². The molecule has 0 saturated heterocycles. The standard InChI is InChI=1S/C14H15BrINO/c1-2-17-12(13-7-8-14(15)18-13)9-10-3-5-11(16)6-4-10/h3-8,12,17H,2,9H2,1H3. The van der Waals surface area contributed by atoms with Crippen LogP contribution < -0.4 is 5.32 Å². The van der Waals surface area contributed by atoms with Crippen LogP contribution >= 0.6 is 38.5 Å². The van der Waals surface area contributed by atoms with Crippen LogP contribution in [-0.4, -0.2) is 6.54 Å². The summed E-state index contributed by atoms with van der Waals surface area (Å²) < 4.78 is 7.69. The van der Waals surface area contributed by atoms with E-state index in [4.69, 9.17) is 4.42 Å². The lowest BCUT2D eigenvalue weighted by Gasteiger charge is -2.15. The van der Waals surface area contributed by atoms with E-state index >= 15 is 0 Å². The molecule has 0 aliphatic rings. The van der Waals surface area contributed by atoms with Crippen LogP contribution in [0.2, 0.25) is 0 Å². The van der Waals surface area contributed by atoms with E-state index in [2.05, 4.69) is 75.0 Å². The molecule has 0 radical (unpaired) electrons. The summed E-state index contributed by atoms with van der Waals surface area (Å²) in [5.41, 5.74) is 1.31. The minimum atomic E-state index is 0.223. The Balaban J connectivity index is 2.13. The maximum atomic E-state index is 5.65. The second-order valence-corrected chi connectivity index (χ2v) is 6.11. The van der Waals surface area contributed by atoms with Crippen molar-refractivity contribution in [2.45, 2.75) is 19.4 Å². The molecule has 0 spiro atoms. The second kappa shape index (κ2) is 6.73. The van der Waals surface area contributed by atoms with Crippen molar-refractivity contribution in [1.82, 2.24) is 5.32 Å². The fourth-order valence-corrected chi connectivity index (χ4v) is 2.57. The van der Waals surface area contributed by atoms with Crippen molar-refractivity contribution in [3.8, 4) is 0 Å². The van der Waals surface area contributed by atoms with Crippen LogP contribution in [0.3, 0.4) is 0 Å². The molecule has 1 unspecified atom stereocenters. The number of halogens is 2. The first kappa shape index (κ1) is 14.1. The van der Waals surface area contributed by atoms with E-state index in [1.54, 1.807) is 0 Å². The monoisotopic (exact) mass is 419 g/mol. The van der Waals surface area contributed by atoms with Gasteiger partial charge in [-0.2, -0.15) is 0 Å². The normalized spacial score (nSPS) is 12.6. The van der Waals surface area contributed by atoms with Gasteiger partial charge >= 0.3 is 0 Å². The van der Waals surface area contributed by atoms with Gasteiger partial charge in [0, 0.05) is 3.57 Å². The molecule has 1 heterocycles. The number of hydrogen-bond acceptors (Lipinski definition) is 2. The SMILES string of the molecule is CCNC(Cc1ccc(I)cc1)c1ccc(Br)o1. The highest BCUT2D eigenvalue weighted by Crippen LogP contribution is 2.23. The number of likely N-dealkylation sites (N-methyl/N-ethyl adjacent to an activating group) is 1. The Bertz CT molecular complexity index is 495. The average Bonchev–Trinajstić information content (AvgIpc) is 2.78. The summed E-state index contributed by atoms with van der Waals surface area (Å²) in [4.78, 5) is 0. The van der Waals surface area contributed by atoms with E-state index < -0.39 is 0 Å². The van der Waals surface area contributed by atoms with Crippen LogP contribution in [-0.2, 0) is 6.42 Å². The zero-order valence-electron chi connectivity index (χ0n) is 10.1. The molecular formula is C14H15BrINO. The molecule has 1 aromatic carbocycles. The summed E-state index contributed by atoms with van der Waals surface area (Å²) in [5.74, 6) is 0.974. The highest BCUT2D eigenvalue weighted by molar-refractivity contribution is 14.1. The number of furan rings is 1. The van der Waals surface area contributed by atoms with Gasteiger partial charge in [-0.15, -0.1) is 0 Å². The molecule has 2 aromatic rings. The molecule has 0 aliphatic carbocycles. The topological polar surface area (TPSA) is 25.2 Å². The van der Waals surface area contributed by atoms with Crippen molar-refractivity contribution in [2.24, 2.45) is 0 Å². The first-order valence-corrected chi connectivity index (χ1v) is 7.79.